The molecule has 4 heteroatoms. The number of aromatic nitrogens is 1. The van der Waals surface area contributed by atoms with E-state index >= 15 is 0 Å². The van der Waals surface area contributed by atoms with Crippen LogP contribution in [0.5, 0.6) is 0 Å². The Morgan fingerprint density at radius 2 is 1.03 bits per heavy atom. The molecule has 0 saturated heterocycles. The van der Waals surface area contributed by atoms with E-state index in [1.165, 1.54) is 139 Å². The van der Waals surface area contributed by atoms with Crippen molar-refractivity contribution >= 4 is 67.7 Å². The van der Waals surface area contributed by atoms with Gasteiger partial charge < -0.3 is 14.4 Å². The molecule has 0 radical (unpaired) electrons. The highest BCUT2D eigenvalue weighted by Crippen LogP contribution is 2.66. The average Bonchev–Trinajstić information content (AvgIpc) is 3.85. The van der Waals surface area contributed by atoms with Crippen molar-refractivity contribution in [1.82, 2.24) is 4.57 Å². The van der Waals surface area contributed by atoms with E-state index in [9.17, 15) is 0 Å². The summed E-state index contributed by atoms with van der Waals surface area (Å²) >= 11 is 0. The smallest absolute Gasteiger partial charge is 0.252 e. The summed E-state index contributed by atoms with van der Waals surface area (Å²) in [7, 11) is 0. The van der Waals surface area contributed by atoms with Crippen molar-refractivity contribution in [3.8, 4) is 5.69 Å². The highest BCUT2D eigenvalue weighted by molar-refractivity contribution is 7.00. The van der Waals surface area contributed by atoms with Crippen LogP contribution in [-0.2, 0) is 32.5 Å². The second-order valence-corrected chi connectivity index (χ2v) is 28.3. The van der Waals surface area contributed by atoms with Gasteiger partial charge in [0.1, 0.15) is 0 Å². The maximum atomic E-state index is 2.98. The highest BCUT2D eigenvalue weighted by Gasteiger charge is 2.64. The second-order valence-electron chi connectivity index (χ2n) is 28.3. The molecule has 0 amide bonds. The van der Waals surface area contributed by atoms with Gasteiger partial charge in [0.25, 0.3) is 6.71 Å². The fraction of sp³-hybridized carbons (Fsp3) is 0.463. The van der Waals surface area contributed by atoms with Crippen LogP contribution < -0.4 is 26.2 Å². The van der Waals surface area contributed by atoms with Gasteiger partial charge in [-0.1, -0.05) is 182 Å². The predicted molar refractivity (Wildman–Crippen MR) is 306 cm³/mol. The molecule has 364 valence electrons. The predicted octanol–water partition coefficient (Wildman–Crippen LogP) is 15.6. The lowest BCUT2D eigenvalue weighted by Crippen LogP contribution is -2.64. The van der Waals surface area contributed by atoms with Gasteiger partial charge in [-0.05, 0) is 153 Å². The molecule has 4 unspecified atom stereocenters. The Hall–Kier alpha value is -5.22. The fourth-order valence-electron chi connectivity index (χ4n) is 16.0. The van der Waals surface area contributed by atoms with E-state index in [1.54, 1.807) is 5.56 Å². The quantitative estimate of drug-likeness (QED) is 0.160. The van der Waals surface area contributed by atoms with E-state index in [4.69, 9.17) is 0 Å². The number of hydrogen-bond acceptors (Lipinski definition) is 2. The van der Waals surface area contributed by atoms with E-state index in [-0.39, 0.29) is 50.3 Å². The van der Waals surface area contributed by atoms with Gasteiger partial charge in [-0.15, -0.1) is 0 Å². The zero-order valence-electron chi connectivity index (χ0n) is 45.9. The summed E-state index contributed by atoms with van der Waals surface area (Å²) < 4.78 is 2.77. The molecular formula is C67H78BN3. The van der Waals surface area contributed by atoms with Crippen LogP contribution in [0.4, 0.5) is 22.7 Å². The zero-order valence-corrected chi connectivity index (χ0v) is 45.9. The number of rotatable bonds is 2. The molecule has 4 aliphatic heterocycles. The van der Waals surface area contributed by atoms with Gasteiger partial charge in [0.05, 0.1) is 16.6 Å². The third-order valence-corrected chi connectivity index (χ3v) is 20.2. The van der Waals surface area contributed by atoms with E-state index in [1.807, 2.05) is 0 Å². The summed E-state index contributed by atoms with van der Waals surface area (Å²) in [5.41, 5.74) is 24.1. The Bertz CT molecular complexity index is 3440. The summed E-state index contributed by atoms with van der Waals surface area (Å²) in [6.45, 7) is 36.9. The van der Waals surface area contributed by atoms with Gasteiger partial charge in [-0.3, -0.25) is 0 Å². The molecule has 2 aliphatic carbocycles. The van der Waals surface area contributed by atoms with E-state index in [0.29, 0.717) is 0 Å². The summed E-state index contributed by atoms with van der Waals surface area (Å²) in [5.74, 6) is 0. The summed E-state index contributed by atoms with van der Waals surface area (Å²) in [5, 5.41) is 2.77. The Balaban J connectivity index is 1.21. The van der Waals surface area contributed by atoms with Crippen LogP contribution in [0.25, 0.3) is 27.5 Å². The van der Waals surface area contributed by atoms with Crippen molar-refractivity contribution in [2.24, 2.45) is 0 Å². The second kappa shape index (κ2) is 14.1. The van der Waals surface area contributed by atoms with Crippen LogP contribution in [0, 0.1) is 0 Å². The number of benzene rings is 6. The molecule has 0 N–H and O–H groups in total. The first-order chi connectivity index (χ1) is 33.3. The molecule has 0 spiro atoms. The average molecular weight is 936 g/mol. The lowest BCUT2D eigenvalue weighted by Gasteiger charge is -2.54. The molecule has 6 aromatic carbocycles. The topological polar surface area (TPSA) is 11.4 Å². The van der Waals surface area contributed by atoms with Gasteiger partial charge in [0.15, 0.2) is 0 Å². The van der Waals surface area contributed by atoms with Crippen molar-refractivity contribution in [1.29, 1.82) is 0 Å². The number of fused-ring (bicyclic) bond motifs is 13. The Labute approximate surface area is 426 Å². The van der Waals surface area contributed by atoms with Gasteiger partial charge >= 0.3 is 0 Å². The molecule has 2 saturated carbocycles. The molecule has 1 aromatic heterocycles. The Morgan fingerprint density at radius 1 is 0.465 bits per heavy atom. The number of nitrogens with zero attached hydrogens (tertiary/aromatic N) is 3. The Morgan fingerprint density at radius 3 is 1.72 bits per heavy atom. The van der Waals surface area contributed by atoms with E-state index in [2.05, 4.69) is 221 Å². The third-order valence-electron chi connectivity index (χ3n) is 20.2. The van der Waals surface area contributed by atoms with Gasteiger partial charge in [-0.2, -0.15) is 0 Å². The minimum atomic E-state index is -0.205. The van der Waals surface area contributed by atoms with Crippen molar-refractivity contribution in [3.63, 3.8) is 0 Å². The van der Waals surface area contributed by atoms with Crippen molar-refractivity contribution in [2.45, 2.75) is 199 Å². The van der Waals surface area contributed by atoms with Crippen LogP contribution in [0.2, 0.25) is 0 Å². The molecule has 13 rings (SSSR count). The molecule has 4 atom stereocenters. The standard InChI is InChI=1S/C67H78BN3/c1-60(2,3)42-25-27-53-47(33-42)48-34-44(62(7,8)9)37-51-58(48)69(53)55-39-46(70-54-28-26-43(61(4,5)6)35-49(54)67(41-23-17-16-18-24-41)32-22-21-31-66(67,70)15)40-56-57(55)68(51)52-38-45(63(10,11)12)36-50-59(52)71(56)65(14)30-20-19-29-64(50,65)13/h16-18,23-28,33-40H,19-22,29-32H2,1-15H3. The lowest BCUT2D eigenvalue weighted by atomic mass is 9.33. The third kappa shape index (κ3) is 5.75. The van der Waals surface area contributed by atoms with Crippen LogP contribution in [-0.4, -0.2) is 22.4 Å². The molecule has 0 bridgehead atoms. The summed E-state index contributed by atoms with van der Waals surface area (Å²) in [6.07, 6.45) is 9.65. The van der Waals surface area contributed by atoms with Crippen LogP contribution in [0.1, 0.15) is 194 Å². The molecule has 71 heavy (non-hydrogen) atoms. The number of hydrogen-bond donors (Lipinski definition) is 0. The molecule has 2 fully saturated rings. The maximum absolute atomic E-state index is 2.98. The van der Waals surface area contributed by atoms with Crippen molar-refractivity contribution < 1.29 is 0 Å². The SMILES string of the molecule is CC(C)(C)c1cc2c3c(c1)C1(C)CCCCC1(C)N3c1cc(N3c4ccc(C(C)(C)C)cc4C4(c5ccccc5)CCCCC34C)cc3c1B2c1cc(C(C)(C)C)cc2c4cc(C(C)(C)C)ccc4n-3c12. The van der Waals surface area contributed by atoms with Crippen molar-refractivity contribution in [2.75, 3.05) is 9.80 Å². The van der Waals surface area contributed by atoms with E-state index < -0.39 is 0 Å². The first-order valence-electron chi connectivity index (χ1n) is 27.6. The van der Waals surface area contributed by atoms with Gasteiger partial charge in [0.2, 0.25) is 0 Å². The Kier molecular flexibility index (Phi) is 9.05. The van der Waals surface area contributed by atoms with Gasteiger partial charge in [0, 0.05) is 55.6 Å². The minimum Gasteiger partial charge on any atom is -0.335 e. The monoisotopic (exact) mass is 936 g/mol. The maximum Gasteiger partial charge on any atom is 0.252 e. The van der Waals surface area contributed by atoms with Crippen LogP contribution in [0.3, 0.4) is 0 Å². The fourth-order valence-corrected chi connectivity index (χ4v) is 16.0. The summed E-state index contributed by atoms with van der Waals surface area (Å²) in [4.78, 5) is 5.89. The minimum absolute atomic E-state index is 0.000462. The van der Waals surface area contributed by atoms with Gasteiger partial charge in [-0.25, -0.2) is 0 Å². The van der Waals surface area contributed by atoms with Crippen molar-refractivity contribution in [3.05, 3.63) is 142 Å². The molecule has 5 heterocycles. The van der Waals surface area contributed by atoms with E-state index in [0.717, 1.165) is 12.8 Å². The first-order valence-corrected chi connectivity index (χ1v) is 27.6. The van der Waals surface area contributed by atoms with Crippen LogP contribution in [0.15, 0.2) is 103 Å². The molecule has 3 nitrogen and oxygen atoms in total. The largest absolute Gasteiger partial charge is 0.335 e. The summed E-state index contributed by atoms with van der Waals surface area (Å²) in [6, 6.07) is 42.9. The molecule has 6 aliphatic rings. The lowest BCUT2D eigenvalue weighted by molar-refractivity contribution is 0.195. The number of anilines is 4. The highest BCUT2D eigenvalue weighted by atomic mass is 15.3. The van der Waals surface area contributed by atoms with Crippen LogP contribution >= 0.6 is 0 Å². The normalized spacial score (nSPS) is 25.4. The zero-order chi connectivity index (χ0) is 50.0. The molecule has 7 aromatic rings. The molecular weight excluding hydrogens is 858 g/mol. The first kappa shape index (κ1) is 45.6.